The third-order valence-corrected chi connectivity index (χ3v) is 2.80. The Morgan fingerprint density at radius 1 is 1.10 bits per heavy atom. The summed E-state index contributed by atoms with van der Waals surface area (Å²) in [7, 11) is 0. The molecule has 0 unspecified atom stereocenters. The zero-order chi connectivity index (χ0) is 13.9. The number of halogens is 1. The number of hydrogen-bond acceptors (Lipinski definition) is 3. The van der Waals surface area contributed by atoms with Gasteiger partial charge in [-0.15, -0.1) is 0 Å². The van der Waals surface area contributed by atoms with Crippen LogP contribution >= 0.6 is 0 Å². The molecule has 2 heterocycles. The van der Waals surface area contributed by atoms with E-state index in [0.717, 1.165) is 10.9 Å². The van der Waals surface area contributed by atoms with Gasteiger partial charge < -0.3 is 5.32 Å². The van der Waals surface area contributed by atoms with Crippen LogP contribution in [0.15, 0.2) is 54.7 Å². The highest BCUT2D eigenvalue weighted by Crippen LogP contribution is 2.16. The molecule has 4 nitrogen and oxygen atoms in total. The number of nitrogens with one attached hydrogen (secondary N) is 1. The molecule has 0 aliphatic heterocycles. The Kier molecular flexibility index (Phi) is 3.09. The molecular weight excluding hydrogens is 257 g/mol. The number of anilines is 1. The van der Waals surface area contributed by atoms with Crippen molar-refractivity contribution in [3.05, 3.63) is 66.4 Å². The van der Waals surface area contributed by atoms with E-state index in [2.05, 4.69) is 15.3 Å². The van der Waals surface area contributed by atoms with Crippen LogP contribution in [0.3, 0.4) is 0 Å². The molecule has 0 aliphatic rings. The number of carbonyl (C=O) groups is 1. The van der Waals surface area contributed by atoms with Gasteiger partial charge in [-0.3, -0.25) is 9.78 Å². The molecule has 0 spiro atoms. The molecule has 1 amide bonds. The minimum absolute atomic E-state index is 0.0261. The normalized spacial score (nSPS) is 10.4. The minimum atomic E-state index is -0.686. The molecule has 3 rings (SSSR count). The second-order valence-electron chi connectivity index (χ2n) is 4.22. The van der Waals surface area contributed by atoms with Gasteiger partial charge in [0.1, 0.15) is 5.69 Å². The number of nitrogens with zero attached hydrogens (tertiary/aromatic N) is 2. The van der Waals surface area contributed by atoms with Crippen molar-refractivity contribution < 1.29 is 9.18 Å². The number of amides is 1. The van der Waals surface area contributed by atoms with Crippen LogP contribution in [0.25, 0.3) is 10.9 Å². The van der Waals surface area contributed by atoms with Crippen LogP contribution in [0.4, 0.5) is 10.1 Å². The summed E-state index contributed by atoms with van der Waals surface area (Å²) < 4.78 is 13.0. The highest BCUT2D eigenvalue weighted by molar-refractivity contribution is 6.03. The molecule has 98 valence electrons. The Balaban J connectivity index is 1.87. The summed E-state index contributed by atoms with van der Waals surface area (Å²) in [5.41, 5.74) is 1.41. The molecule has 3 aromatic rings. The maximum absolute atomic E-state index is 13.0. The van der Waals surface area contributed by atoms with Gasteiger partial charge in [0.05, 0.1) is 17.4 Å². The SMILES string of the molecule is O=C(Nc1cnc2ccccc2c1)c1cccc(F)n1. The second-order valence-corrected chi connectivity index (χ2v) is 4.22. The lowest BCUT2D eigenvalue weighted by molar-refractivity contribution is 0.102. The van der Waals surface area contributed by atoms with Crippen molar-refractivity contribution in [1.29, 1.82) is 0 Å². The minimum Gasteiger partial charge on any atom is -0.319 e. The third kappa shape index (κ3) is 2.47. The predicted molar refractivity (Wildman–Crippen MR) is 73.9 cm³/mol. The Morgan fingerprint density at radius 2 is 1.95 bits per heavy atom. The van der Waals surface area contributed by atoms with Gasteiger partial charge in [-0.05, 0) is 24.3 Å². The van der Waals surface area contributed by atoms with Crippen LogP contribution in [-0.2, 0) is 0 Å². The standard InChI is InChI=1S/C15H10FN3O/c16-14-7-3-6-13(19-14)15(20)18-11-8-10-4-1-2-5-12(10)17-9-11/h1-9H,(H,18,20). The highest BCUT2D eigenvalue weighted by Gasteiger charge is 2.09. The van der Waals surface area contributed by atoms with E-state index < -0.39 is 11.9 Å². The topological polar surface area (TPSA) is 54.9 Å². The van der Waals surface area contributed by atoms with E-state index in [1.165, 1.54) is 18.2 Å². The lowest BCUT2D eigenvalue weighted by Crippen LogP contribution is -2.14. The van der Waals surface area contributed by atoms with Crippen LogP contribution in [-0.4, -0.2) is 15.9 Å². The van der Waals surface area contributed by atoms with Gasteiger partial charge in [-0.2, -0.15) is 4.39 Å². The molecule has 0 saturated carbocycles. The van der Waals surface area contributed by atoms with E-state index in [9.17, 15) is 9.18 Å². The monoisotopic (exact) mass is 267 g/mol. The maximum Gasteiger partial charge on any atom is 0.274 e. The Hall–Kier alpha value is -2.82. The molecule has 5 heteroatoms. The molecule has 0 saturated heterocycles. The van der Waals surface area contributed by atoms with Gasteiger partial charge in [-0.1, -0.05) is 24.3 Å². The number of para-hydroxylation sites is 1. The fourth-order valence-corrected chi connectivity index (χ4v) is 1.87. The van der Waals surface area contributed by atoms with E-state index >= 15 is 0 Å². The highest BCUT2D eigenvalue weighted by atomic mass is 19.1. The summed E-state index contributed by atoms with van der Waals surface area (Å²) in [6.45, 7) is 0. The smallest absolute Gasteiger partial charge is 0.274 e. The molecule has 20 heavy (non-hydrogen) atoms. The molecular formula is C15H10FN3O. The van der Waals surface area contributed by atoms with Crippen LogP contribution in [0.1, 0.15) is 10.5 Å². The second kappa shape index (κ2) is 5.05. The van der Waals surface area contributed by atoms with Gasteiger partial charge in [0.25, 0.3) is 5.91 Å². The average Bonchev–Trinajstić information content (AvgIpc) is 2.47. The number of carbonyl (C=O) groups excluding carboxylic acids is 1. The maximum atomic E-state index is 13.0. The number of pyridine rings is 2. The van der Waals surface area contributed by atoms with Crippen LogP contribution < -0.4 is 5.32 Å². The van der Waals surface area contributed by atoms with Crippen molar-refractivity contribution in [2.45, 2.75) is 0 Å². The van der Waals surface area contributed by atoms with E-state index in [1.54, 1.807) is 12.3 Å². The summed E-state index contributed by atoms with van der Waals surface area (Å²) in [6.07, 6.45) is 1.56. The Morgan fingerprint density at radius 3 is 2.80 bits per heavy atom. The van der Waals surface area contributed by atoms with Crippen molar-refractivity contribution in [3.8, 4) is 0 Å². The molecule has 1 N–H and O–H groups in total. The van der Waals surface area contributed by atoms with E-state index in [4.69, 9.17) is 0 Å². The van der Waals surface area contributed by atoms with Crippen LogP contribution in [0, 0.1) is 5.95 Å². The number of hydrogen-bond donors (Lipinski definition) is 1. The van der Waals surface area contributed by atoms with Crippen LogP contribution in [0.2, 0.25) is 0 Å². The first-order chi connectivity index (χ1) is 9.72. The molecule has 2 aromatic heterocycles. The fraction of sp³-hybridized carbons (Fsp3) is 0. The summed E-state index contributed by atoms with van der Waals surface area (Å²) in [5.74, 6) is -1.16. The van der Waals surface area contributed by atoms with E-state index in [1.807, 2.05) is 24.3 Å². The molecule has 1 aromatic carbocycles. The summed E-state index contributed by atoms with van der Waals surface area (Å²) in [6, 6.07) is 13.5. The fourth-order valence-electron chi connectivity index (χ4n) is 1.87. The van der Waals surface area contributed by atoms with Crippen molar-refractivity contribution in [2.75, 3.05) is 5.32 Å². The Labute approximate surface area is 114 Å². The van der Waals surface area contributed by atoms with Crippen molar-refractivity contribution in [3.63, 3.8) is 0 Å². The Bertz CT molecular complexity index is 789. The number of benzene rings is 1. The quantitative estimate of drug-likeness (QED) is 0.726. The number of rotatable bonds is 2. The van der Waals surface area contributed by atoms with Crippen molar-refractivity contribution in [1.82, 2.24) is 9.97 Å². The van der Waals surface area contributed by atoms with Gasteiger partial charge in [-0.25, -0.2) is 4.98 Å². The van der Waals surface area contributed by atoms with Crippen molar-refractivity contribution >= 4 is 22.5 Å². The van der Waals surface area contributed by atoms with Gasteiger partial charge in [0, 0.05) is 5.39 Å². The summed E-state index contributed by atoms with van der Waals surface area (Å²) >= 11 is 0. The number of aromatic nitrogens is 2. The lowest BCUT2D eigenvalue weighted by Gasteiger charge is -2.05. The molecule has 0 aliphatic carbocycles. The third-order valence-electron chi connectivity index (χ3n) is 2.80. The van der Waals surface area contributed by atoms with Crippen molar-refractivity contribution in [2.24, 2.45) is 0 Å². The van der Waals surface area contributed by atoms with Gasteiger partial charge in [0.2, 0.25) is 5.95 Å². The zero-order valence-corrected chi connectivity index (χ0v) is 10.4. The molecule has 0 fully saturated rings. The first-order valence-electron chi connectivity index (χ1n) is 6.01. The predicted octanol–water partition coefficient (Wildman–Crippen LogP) is 3.02. The first-order valence-corrected chi connectivity index (χ1v) is 6.01. The van der Waals surface area contributed by atoms with Gasteiger partial charge >= 0.3 is 0 Å². The van der Waals surface area contributed by atoms with E-state index in [0.29, 0.717) is 5.69 Å². The molecule has 0 atom stereocenters. The first kappa shape index (κ1) is 12.2. The average molecular weight is 267 g/mol. The molecule has 0 bridgehead atoms. The number of fused-ring (bicyclic) bond motifs is 1. The lowest BCUT2D eigenvalue weighted by atomic mass is 10.2. The summed E-state index contributed by atoms with van der Waals surface area (Å²) in [5, 5.41) is 3.56. The largest absolute Gasteiger partial charge is 0.319 e. The summed E-state index contributed by atoms with van der Waals surface area (Å²) in [4.78, 5) is 19.7. The van der Waals surface area contributed by atoms with Gasteiger partial charge in [0.15, 0.2) is 0 Å². The van der Waals surface area contributed by atoms with E-state index in [-0.39, 0.29) is 5.69 Å². The zero-order valence-electron chi connectivity index (χ0n) is 10.4. The van der Waals surface area contributed by atoms with Crippen LogP contribution in [0.5, 0.6) is 0 Å². The molecule has 0 radical (unpaired) electrons.